The highest BCUT2D eigenvalue weighted by Crippen LogP contribution is 2.00. The maximum atomic E-state index is 11.0. The van der Waals surface area contributed by atoms with Crippen molar-refractivity contribution >= 4 is 12.2 Å². The molecule has 0 aromatic carbocycles. The lowest BCUT2D eigenvalue weighted by molar-refractivity contribution is -0.122. The van der Waals surface area contributed by atoms with Crippen LogP contribution in [0.2, 0.25) is 0 Å². The molecule has 0 saturated carbocycles. The van der Waals surface area contributed by atoms with Crippen molar-refractivity contribution in [1.82, 2.24) is 10.6 Å². The molecule has 0 heterocycles. The van der Waals surface area contributed by atoms with E-state index in [4.69, 9.17) is 0 Å². The summed E-state index contributed by atoms with van der Waals surface area (Å²) in [7, 11) is 0. The van der Waals surface area contributed by atoms with Crippen LogP contribution in [0.3, 0.4) is 0 Å². The van der Waals surface area contributed by atoms with Gasteiger partial charge in [-0.15, -0.1) is 0 Å². The number of carbonyl (C=O) groups is 2. The van der Waals surface area contributed by atoms with Crippen LogP contribution < -0.4 is 10.6 Å². The predicted octanol–water partition coefficient (Wildman–Crippen LogP) is 0.470. The van der Waals surface area contributed by atoms with E-state index in [2.05, 4.69) is 17.6 Å². The van der Waals surface area contributed by atoms with Crippen LogP contribution in [0.15, 0.2) is 0 Å². The van der Waals surface area contributed by atoms with E-state index in [9.17, 15) is 9.59 Å². The Labute approximate surface area is 85.4 Å². The summed E-state index contributed by atoms with van der Waals surface area (Å²) in [5.74, 6) is 0.0283. The molecular weight excluding hydrogens is 180 g/mol. The minimum atomic E-state index is -0.297. The Morgan fingerprint density at radius 2 is 2.14 bits per heavy atom. The lowest BCUT2D eigenvalue weighted by atomic mass is 10.1. The van der Waals surface area contributed by atoms with E-state index in [0.717, 1.165) is 32.4 Å². The lowest BCUT2D eigenvalue weighted by Crippen LogP contribution is -2.34. The van der Waals surface area contributed by atoms with Crippen molar-refractivity contribution in [3.63, 3.8) is 0 Å². The standard InChI is InChI=1S/C10H20N2O2/c1-3-11-7-5-4-6-10(9(2)14)12-8-13/h8,10-11H,3-7H2,1-2H3,(H,12,13). The van der Waals surface area contributed by atoms with Crippen molar-refractivity contribution in [2.24, 2.45) is 0 Å². The first-order valence-corrected chi connectivity index (χ1v) is 5.13. The second-order valence-electron chi connectivity index (χ2n) is 3.30. The molecular formula is C10H20N2O2. The SMILES string of the molecule is CCNCCCCC(NC=O)C(C)=O. The molecule has 4 heteroatoms. The van der Waals surface area contributed by atoms with Crippen LogP contribution in [-0.4, -0.2) is 31.3 Å². The molecule has 1 amide bonds. The van der Waals surface area contributed by atoms with Crippen molar-refractivity contribution in [3.05, 3.63) is 0 Å². The topological polar surface area (TPSA) is 58.2 Å². The largest absolute Gasteiger partial charge is 0.349 e. The van der Waals surface area contributed by atoms with Crippen LogP contribution in [0.5, 0.6) is 0 Å². The zero-order valence-corrected chi connectivity index (χ0v) is 9.01. The normalized spacial score (nSPS) is 12.1. The molecule has 0 rings (SSSR count). The molecule has 0 aliphatic rings. The molecule has 14 heavy (non-hydrogen) atoms. The Hall–Kier alpha value is -0.900. The van der Waals surface area contributed by atoms with E-state index < -0.39 is 0 Å². The summed E-state index contributed by atoms with van der Waals surface area (Å²) in [6.45, 7) is 5.52. The average molecular weight is 200 g/mol. The van der Waals surface area contributed by atoms with E-state index in [-0.39, 0.29) is 11.8 Å². The summed E-state index contributed by atoms with van der Waals surface area (Å²) in [6, 6.07) is -0.297. The fraction of sp³-hybridized carbons (Fsp3) is 0.800. The third-order valence-electron chi connectivity index (χ3n) is 2.11. The minimum Gasteiger partial charge on any atom is -0.349 e. The number of amides is 1. The Bertz CT molecular complexity index is 172. The highest BCUT2D eigenvalue weighted by atomic mass is 16.1. The molecule has 4 nitrogen and oxygen atoms in total. The van der Waals surface area contributed by atoms with Gasteiger partial charge in [-0.2, -0.15) is 0 Å². The van der Waals surface area contributed by atoms with Gasteiger partial charge in [-0.3, -0.25) is 9.59 Å². The van der Waals surface area contributed by atoms with Gasteiger partial charge in [0.05, 0.1) is 6.04 Å². The van der Waals surface area contributed by atoms with E-state index in [1.807, 2.05) is 0 Å². The highest BCUT2D eigenvalue weighted by Gasteiger charge is 2.11. The predicted molar refractivity (Wildman–Crippen MR) is 56.1 cm³/mol. The second kappa shape index (κ2) is 8.69. The summed E-state index contributed by atoms with van der Waals surface area (Å²) < 4.78 is 0. The van der Waals surface area contributed by atoms with Gasteiger partial charge in [-0.25, -0.2) is 0 Å². The Kier molecular flexibility index (Phi) is 8.13. The fourth-order valence-electron chi connectivity index (χ4n) is 1.26. The molecule has 0 aromatic heterocycles. The number of unbranched alkanes of at least 4 members (excludes halogenated alkanes) is 1. The van der Waals surface area contributed by atoms with Gasteiger partial charge in [0, 0.05) is 0 Å². The van der Waals surface area contributed by atoms with E-state index in [1.54, 1.807) is 0 Å². The van der Waals surface area contributed by atoms with E-state index in [0.29, 0.717) is 6.41 Å². The number of hydrogen-bond acceptors (Lipinski definition) is 3. The third-order valence-corrected chi connectivity index (χ3v) is 2.11. The van der Waals surface area contributed by atoms with Gasteiger partial charge in [0.1, 0.15) is 0 Å². The van der Waals surface area contributed by atoms with Crippen LogP contribution in [0.4, 0.5) is 0 Å². The van der Waals surface area contributed by atoms with Gasteiger partial charge in [-0.1, -0.05) is 6.92 Å². The average Bonchev–Trinajstić information content (AvgIpc) is 2.15. The van der Waals surface area contributed by atoms with Crippen LogP contribution in [0.1, 0.15) is 33.1 Å². The zero-order chi connectivity index (χ0) is 10.8. The summed E-state index contributed by atoms with van der Waals surface area (Å²) in [5, 5.41) is 5.73. The molecule has 1 unspecified atom stereocenters. The van der Waals surface area contributed by atoms with Crippen LogP contribution >= 0.6 is 0 Å². The number of ketones is 1. The van der Waals surface area contributed by atoms with Crippen molar-refractivity contribution in [3.8, 4) is 0 Å². The van der Waals surface area contributed by atoms with Gasteiger partial charge < -0.3 is 10.6 Å². The van der Waals surface area contributed by atoms with Crippen LogP contribution in [-0.2, 0) is 9.59 Å². The maximum absolute atomic E-state index is 11.0. The van der Waals surface area contributed by atoms with Crippen molar-refractivity contribution in [1.29, 1.82) is 0 Å². The lowest BCUT2D eigenvalue weighted by Gasteiger charge is -2.11. The summed E-state index contributed by atoms with van der Waals surface area (Å²) in [5.41, 5.74) is 0. The van der Waals surface area contributed by atoms with Crippen molar-refractivity contribution < 1.29 is 9.59 Å². The van der Waals surface area contributed by atoms with Crippen LogP contribution in [0, 0.1) is 0 Å². The molecule has 1 atom stereocenters. The second-order valence-corrected chi connectivity index (χ2v) is 3.30. The number of rotatable bonds is 9. The monoisotopic (exact) mass is 200 g/mol. The van der Waals surface area contributed by atoms with Gasteiger partial charge >= 0.3 is 0 Å². The molecule has 0 spiro atoms. The zero-order valence-electron chi connectivity index (χ0n) is 9.01. The first kappa shape index (κ1) is 13.1. The van der Waals surface area contributed by atoms with E-state index in [1.165, 1.54) is 6.92 Å². The molecule has 0 radical (unpaired) electrons. The molecule has 0 aliphatic carbocycles. The fourth-order valence-corrected chi connectivity index (χ4v) is 1.26. The number of hydrogen-bond donors (Lipinski definition) is 2. The first-order valence-electron chi connectivity index (χ1n) is 5.13. The van der Waals surface area contributed by atoms with E-state index >= 15 is 0 Å². The third kappa shape index (κ3) is 6.60. The molecule has 2 N–H and O–H groups in total. The first-order chi connectivity index (χ1) is 6.72. The van der Waals surface area contributed by atoms with Crippen LogP contribution in [0.25, 0.3) is 0 Å². The molecule has 0 bridgehead atoms. The summed E-state index contributed by atoms with van der Waals surface area (Å²) in [6.07, 6.45) is 3.33. The van der Waals surface area contributed by atoms with Gasteiger partial charge in [-0.05, 0) is 39.3 Å². The van der Waals surface area contributed by atoms with Gasteiger partial charge in [0.2, 0.25) is 6.41 Å². The minimum absolute atomic E-state index is 0.0283. The quantitative estimate of drug-likeness (QED) is 0.420. The Balaban J connectivity index is 3.50. The Morgan fingerprint density at radius 1 is 1.43 bits per heavy atom. The molecule has 0 fully saturated rings. The molecule has 0 aliphatic heterocycles. The number of nitrogens with one attached hydrogen (secondary N) is 2. The van der Waals surface area contributed by atoms with Crippen molar-refractivity contribution in [2.45, 2.75) is 39.2 Å². The number of Topliss-reactive ketones (excluding diaryl/α,β-unsaturated/α-hetero) is 1. The molecule has 0 aromatic rings. The Morgan fingerprint density at radius 3 is 2.64 bits per heavy atom. The van der Waals surface area contributed by atoms with Gasteiger partial charge in [0.25, 0.3) is 0 Å². The highest BCUT2D eigenvalue weighted by molar-refractivity contribution is 5.83. The molecule has 0 saturated heterocycles. The van der Waals surface area contributed by atoms with Crippen molar-refractivity contribution in [2.75, 3.05) is 13.1 Å². The smallest absolute Gasteiger partial charge is 0.207 e. The molecule has 82 valence electrons. The maximum Gasteiger partial charge on any atom is 0.207 e. The number of carbonyl (C=O) groups excluding carboxylic acids is 2. The summed E-state index contributed by atoms with van der Waals surface area (Å²) >= 11 is 0. The van der Waals surface area contributed by atoms with Gasteiger partial charge in [0.15, 0.2) is 5.78 Å². The summed E-state index contributed by atoms with van der Waals surface area (Å²) in [4.78, 5) is 21.2.